The monoisotopic (exact) mass is 867 g/mol. The summed E-state index contributed by atoms with van der Waals surface area (Å²) in [5, 5.41) is 6.51. The molecule has 1 aliphatic rings. The van der Waals surface area contributed by atoms with Crippen LogP contribution in [0.15, 0.2) is 258 Å². The highest BCUT2D eigenvalue weighted by Gasteiger charge is 2.46. The summed E-state index contributed by atoms with van der Waals surface area (Å²) >= 11 is 0. The average molecular weight is 868 g/mol. The molecular formula is C65H41NO2. The average Bonchev–Trinajstić information content (AvgIpc) is 4.08. The highest BCUT2D eigenvalue weighted by Crippen LogP contribution is 2.58. The van der Waals surface area contributed by atoms with E-state index in [9.17, 15) is 0 Å². The normalized spacial score (nSPS) is 12.8. The van der Waals surface area contributed by atoms with Crippen LogP contribution in [0.4, 0.5) is 17.1 Å². The molecule has 3 nitrogen and oxygen atoms in total. The maximum Gasteiger partial charge on any atom is 0.144 e. The second-order valence-corrected chi connectivity index (χ2v) is 17.9. The number of fused-ring (bicyclic) bond motifs is 10. The lowest BCUT2D eigenvalue weighted by Gasteiger charge is -2.35. The first-order valence-corrected chi connectivity index (χ1v) is 23.3. The van der Waals surface area contributed by atoms with Crippen LogP contribution in [0, 0.1) is 0 Å². The van der Waals surface area contributed by atoms with Gasteiger partial charge in [0.05, 0.1) is 16.5 Å². The highest BCUT2D eigenvalue weighted by atomic mass is 16.3. The number of furan rings is 2. The van der Waals surface area contributed by atoms with E-state index in [4.69, 9.17) is 8.83 Å². The van der Waals surface area contributed by atoms with E-state index in [1.54, 1.807) is 0 Å². The van der Waals surface area contributed by atoms with Crippen LogP contribution in [0.3, 0.4) is 0 Å². The van der Waals surface area contributed by atoms with Crippen molar-refractivity contribution in [1.82, 2.24) is 0 Å². The molecule has 0 amide bonds. The predicted molar refractivity (Wildman–Crippen MR) is 281 cm³/mol. The van der Waals surface area contributed by atoms with E-state index >= 15 is 0 Å². The van der Waals surface area contributed by atoms with E-state index in [0.29, 0.717) is 0 Å². The molecule has 0 saturated carbocycles. The van der Waals surface area contributed by atoms with Crippen molar-refractivity contribution in [2.45, 2.75) is 5.41 Å². The fourth-order valence-electron chi connectivity index (χ4n) is 11.4. The van der Waals surface area contributed by atoms with Gasteiger partial charge < -0.3 is 13.7 Å². The van der Waals surface area contributed by atoms with Crippen molar-refractivity contribution in [2.24, 2.45) is 0 Å². The number of anilines is 3. The zero-order valence-corrected chi connectivity index (χ0v) is 36.9. The Bertz CT molecular complexity index is 4030. The number of benzene rings is 11. The van der Waals surface area contributed by atoms with Crippen molar-refractivity contribution >= 4 is 71.7 Å². The van der Waals surface area contributed by atoms with E-state index in [1.165, 1.54) is 38.9 Å². The minimum absolute atomic E-state index is 0.562. The fraction of sp³-hybridized carbons (Fsp3) is 0.0154. The van der Waals surface area contributed by atoms with Gasteiger partial charge in [0.1, 0.15) is 22.3 Å². The summed E-state index contributed by atoms with van der Waals surface area (Å²) < 4.78 is 13.9. The summed E-state index contributed by atoms with van der Waals surface area (Å²) in [6.07, 6.45) is 0. The SMILES string of the molecule is c1ccc(-c2ccc(N(c3ccc4c(c3)C(c3ccccc3)(c3ccccc3)c3ccccc3-4)c3cccc4oc5c(-c6cccc7c6oc6ccccc67)c6ccccc6cc5c34)cc2)cc1. The zero-order valence-electron chi connectivity index (χ0n) is 36.9. The van der Waals surface area contributed by atoms with Gasteiger partial charge in [-0.25, -0.2) is 0 Å². The zero-order chi connectivity index (χ0) is 44.8. The quantitative estimate of drug-likeness (QED) is 0.160. The van der Waals surface area contributed by atoms with Gasteiger partial charge in [-0.15, -0.1) is 0 Å². The maximum atomic E-state index is 7.21. The second-order valence-electron chi connectivity index (χ2n) is 17.9. The summed E-state index contributed by atoms with van der Waals surface area (Å²) in [5.41, 5.74) is 17.8. The predicted octanol–water partition coefficient (Wildman–Crippen LogP) is 17.8. The lowest BCUT2D eigenvalue weighted by atomic mass is 9.67. The summed E-state index contributed by atoms with van der Waals surface area (Å²) in [5.74, 6) is 0. The van der Waals surface area contributed by atoms with E-state index < -0.39 is 5.41 Å². The molecule has 2 aromatic heterocycles. The number of rotatable bonds is 7. The van der Waals surface area contributed by atoms with E-state index in [1.807, 2.05) is 12.1 Å². The molecule has 0 atom stereocenters. The van der Waals surface area contributed by atoms with Crippen molar-refractivity contribution in [1.29, 1.82) is 0 Å². The maximum absolute atomic E-state index is 7.21. The number of hydrogen-bond acceptors (Lipinski definition) is 3. The molecule has 68 heavy (non-hydrogen) atoms. The first-order valence-electron chi connectivity index (χ1n) is 23.3. The Labute approximate surface area is 393 Å². The lowest BCUT2D eigenvalue weighted by molar-refractivity contribution is 0.665. The number of nitrogens with zero attached hydrogens (tertiary/aromatic N) is 1. The van der Waals surface area contributed by atoms with Gasteiger partial charge in [0.25, 0.3) is 0 Å². The van der Waals surface area contributed by atoms with Crippen LogP contribution in [0.2, 0.25) is 0 Å². The van der Waals surface area contributed by atoms with Crippen LogP contribution in [-0.4, -0.2) is 0 Å². The highest BCUT2D eigenvalue weighted by molar-refractivity contribution is 6.24. The van der Waals surface area contributed by atoms with Crippen molar-refractivity contribution in [3.05, 3.63) is 271 Å². The Balaban J connectivity index is 1.06. The molecule has 0 unspecified atom stereocenters. The standard InChI is InChI=1S/C65H41NO2/c1-4-18-42(19-5-1)43-34-36-47(37-35-43)66(48-38-39-51-50-26-12-14-30-56(50)65(57(51)41-48,45-21-6-2-7-22-45)46-23-8-3-9-24-46)58-31-17-33-60-62(58)55-40-44-20-10-11-25-49(44)61(64(55)68-60)54-29-16-28-53-52-27-13-15-32-59(52)67-63(53)54/h1-41H. The molecule has 0 fully saturated rings. The second kappa shape index (κ2) is 15.1. The molecule has 13 aromatic rings. The molecule has 0 saturated heterocycles. The van der Waals surface area contributed by atoms with Gasteiger partial charge in [-0.05, 0) is 104 Å². The van der Waals surface area contributed by atoms with E-state index in [0.717, 1.165) is 88.4 Å². The molecule has 2 heterocycles. The minimum atomic E-state index is -0.562. The summed E-state index contributed by atoms with van der Waals surface area (Å²) in [6, 6.07) is 89.9. The Hall–Kier alpha value is -8.92. The lowest BCUT2D eigenvalue weighted by Crippen LogP contribution is -2.28. The van der Waals surface area contributed by atoms with Crippen LogP contribution >= 0.6 is 0 Å². The van der Waals surface area contributed by atoms with E-state index in [-0.39, 0.29) is 0 Å². The van der Waals surface area contributed by atoms with Crippen LogP contribution in [-0.2, 0) is 5.41 Å². The van der Waals surface area contributed by atoms with Crippen LogP contribution in [0.25, 0.3) is 88.0 Å². The topological polar surface area (TPSA) is 29.5 Å². The van der Waals surface area contributed by atoms with Gasteiger partial charge in [-0.3, -0.25) is 0 Å². The molecule has 3 heteroatoms. The summed E-state index contributed by atoms with van der Waals surface area (Å²) in [6.45, 7) is 0. The third-order valence-electron chi connectivity index (χ3n) is 14.3. The fourth-order valence-corrected chi connectivity index (χ4v) is 11.4. The number of hydrogen-bond donors (Lipinski definition) is 0. The molecule has 11 aromatic carbocycles. The summed E-state index contributed by atoms with van der Waals surface area (Å²) in [7, 11) is 0. The smallest absolute Gasteiger partial charge is 0.144 e. The van der Waals surface area contributed by atoms with Crippen LogP contribution < -0.4 is 4.90 Å². The van der Waals surface area contributed by atoms with Crippen molar-refractivity contribution < 1.29 is 8.83 Å². The Morgan fingerprint density at radius 1 is 0.338 bits per heavy atom. The third-order valence-corrected chi connectivity index (χ3v) is 14.3. The van der Waals surface area contributed by atoms with Crippen molar-refractivity contribution in [3.8, 4) is 33.4 Å². The minimum Gasteiger partial charge on any atom is -0.455 e. The van der Waals surface area contributed by atoms with Crippen molar-refractivity contribution in [2.75, 3.05) is 4.90 Å². The summed E-state index contributed by atoms with van der Waals surface area (Å²) in [4.78, 5) is 2.44. The van der Waals surface area contributed by atoms with Gasteiger partial charge in [-0.2, -0.15) is 0 Å². The Morgan fingerprint density at radius 2 is 0.912 bits per heavy atom. The first kappa shape index (κ1) is 38.4. The molecule has 0 radical (unpaired) electrons. The van der Waals surface area contributed by atoms with Crippen LogP contribution in [0.5, 0.6) is 0 Å². The molecule has 1 aliphatic carbocycles. The first-order chi connectivity index (χ1) is 33.7. The van der Waals surface area contributed by atoms with Crippen molar-refractivity contribution in [3.63, 3.8) is 0 Å². The van der Waals surface area contributed by atoms with Gasteiger partial charge in [-0.1, -0.05) is 200 Å². The molecule has 0 bridgehead atoms. The van der Waals surface area contributed by atoms with Gasteiger partial charge >= 0.3 is 0 Å². The van der Waals surface area contributed by atoms with Crippen LogP contribution in [0.1, 0.15) is 22.3 Å². The van der Waals surface area contributed by atoms with Gasteiger partial charge in [0.2, 0.25) is 0 Å². The molecule has 0 spiro atoms. The molecule has 0 aliphatic heterocycles. The van der Waals surface area contributed by atoms with Gasteiger partial charge in [0.15, 0.2) is 0 Å². The molecule has 318 valence electrons. The van der Waals surface area contributed by atoms with E-state index in [2.05, 4.69) is 241 Å². The largest absolute Gasteiger partial charge is 0.455 e. The number of para-hydroxylation sites is 2. The molecular weight excluding hydrogens is 827 g/mol. The molecule has 0 N–H and O–H groups in total. The third kappa shape index (κ3) is 5.60. The van der Waals surface area contributed by atoms with Gasteiger partial charge in [0, 0.05) is 38.7 Å². The molecule has 14 rings (SSSR count). The Kier molecular flexibility index (Phi) is 8.50. The Morgan fingerprint density at radius 3 is 1.71 bits per heavy atom.